The molecule has 0 bridgehead atoms. The van der Waals surface area contributed by atoms with Crippen LogP contribution in [0.4, 0.5) is 4.79 Å². The van der Waals surface area contributed by atoms with Gasteiger partial charge in [-0.3, -0.25) is 0 Å². The highest BCUT2D eigenvalue weighted by molar-refractivity contribution is 9.09. The number of alkyl halides is 1. The molecule has 0 aliphatic rings. The lowest BCUT2D eigenvalue weighted by Gasteiger charge is -1.96. The first-order valence-corrected chi connectivity index (χ1v) is 3.84. The fourth-order valence-corrected chi connectivity index (χ4v) is 0.758. The molecule has 1 radical (unpaired) electrons. The molecule has 0 rings (SSSR count). The van der Waals surface area contributed by atoms with Crippen LogP contribution in [-0.2, 0) is 4.74 Å². The van der Waals surface area contributed by atoms with E-state index in [9.17, 15) is 4.79 Å². The maximum atomic E-state index is 9.84. The number of carbonyl (C=O) groups excluding carboxylic acids is 1. The van der Waals surface area contributed by atoms with Gasteiger partial charge >= 0.3 is 6.09 Å². The van der Waals surface area contributed by atoms with E-state index >= 15 is 0 Å². The van der Waals surface area contributed by atoms with Gasteiger partial charge in [-0.1, -0.05) is 15.9 Å². The maximum Gasteiger partial charge on any atom is 0.426 e. The highest BCUT2D eigenvalue weighted by atomic mass is 79.9. The summed E-state index contributed by atoms with van der Waals surface area (Å²) >= 11 is 3.23. The zero-order chi connectivity index (χ0) is 7.11. The fraction of sp³-hybridized carbons (Fsp3) is 0.800. The monoisotopic (exact) mass is 194 g/mol. The molecule has 0 spiro atoms. The van der Waals surface area contributed by atoms with Gasteiger partial charge in [0.05, 0.1) is 6.61 Å². The number of nitrogens with one attached hydrogen (secondary N) is 1. The highest BCUT2D eigenvalue weighted by Crippen LogP contribution is 1.93. The quantitative estimate of drug-likeness (QED) is 0.505. The maximum absolute atomic E-state index is 9.84. The SMILES string of the molecule is [NH]C(=O)OCCCCBr. The van der Waals surface area contributed by atoms with Gasteiger partial charge in [0, 0.05) is 5.33 Å². The van der Waals surface area contributed by atoms with Crippen molar-refractivity contribution in [3.8, 4) is 0 Å². The van der Waals surface area contributed by atoms with Crippen LogP contribution in [0, 0.1) is 0 Å². The van der Waals surface area contributed by atoms with Gasteiger partial charge in [-0.05, 0) is 12.8 Å². The molecule has 0 aromatic carbocycles. The minimum Gasteiger partial charge on any atom is -0.448 e. The van der Waals surface area contributed by atoms with Crippen LogP contribution in [-0.4, -0.2) is 18.0 Å². The Kier molecular flexibility index (Phi) is 5.72. The van der Waals surface area contributed by atoms with Gasteiger partial charge < -0.3 is 4.74 Å². The van der Waals surface area contributed by atoms with E-state index in [-0.39, 0.29) is 0 Å². The Morgan fingerprint density at radius 2 is 2.22 bits per heavy atom. The Morgan fingerprint density at radius 1 is 1.56 bits per heavy atom. The van der Waals surface area contributed by atoms with E-state index in [1.807, 2.05) is 0 Å². The average Bonchev–Trinajstić information content (AvgIpc) is 1.80. The summed E-state index contributed by atoms with van der Waals surface area (Å²) in [6.07, 6.45) is 0.868. The van der Waals surface area contributed by atoms with Crippen LogP contribution in [0.3, 0.4) is 0 Å². The van der Waals surface area contributed by atoms with Gasteiger partial charge in [0.25, 0.3) is 0 Å². The van der Waals surface area contributed by atoms with Crippen LogP contribution < -0.4 is 5.73 Å². The molecule has 0 unspecified atom stereocenters. The second kappa shape index (κ2) is 5.88. The van der Waals surface area contributed by atoms with Gasteiger partial charge in [0.1, 0.15) is 0 Å². The molecule has 53 valence electrons. The third-order valence-corrected chi connectivity index (χ3v) is 1.32. The molecule has 0 aliphatic carbocycles. The van der Waals surface area contributed by atoms with E-state index in [0.717, 1.165) is 18.2 Å². The van der Waals surface area contributed by atoms with Crippen molar-refractivity contribution < 1.29 is 9.53 Å². The summed E-state index contributed by atoms with van der Waals surface area (Å²) in [4.78, 5) is 9.84. The number of hydrogen-bond acceptors (Lipinski definition) is 2. The number of amides is 1. The predicted octanol–water partition coefficient (Wildman–Crippen LogP) is 1.58. The molecule has 0 aromatic rings. The molecule has 3 nitrogen and oxygen atoms in total. The molecular weight excluding hydrogens is 186 g/mol. The minimum atomic E-state index is -0.940. The van der Waals surface area contributed by atoms with E-state index < -0.39 is 6.09 Å². The first kappa shape index (κ1) is 8.75. The van der Waals surface area contributed by atoms with Gasteiger partial charge in [-0.2, -0.15) is 0 Å². The first-order valence-electron chi connectivity index (χ1n) is 2.71. The summed E-state index contributed by atoms with van der Waals surface area (Å²) in [5, 5.41) is 0.919. The smallest absolute Gasteiger partial charge is 0.426 e. The second-order valence-corrected chi connectivity index (χ2v) is 2.33. The highest BCUT2D eigenvalue weighted by Gasteiger charge is 1.91. The normalized spacial score (nSPS) is 9.00. The van der Waals surface area contributed by atoms with Crippen LogP contribution >= 0.6 is 15.9 Å². The molecule has 0 aromatic heterocycles. The van der Waals surface area contributed by atoms with Crippen LogP contribution in [0.2, 0.25) is 0 Å². The van der Waals surface area contributed by atoms with E-state index in [4.69, 9.17) is 5.73 Å². The number of rotatable bonds is 4. The van der Waals surface area contributed by atoms with Crippen molar-refractivity contribution >= 4 is 22.0 Å². The molecule has 0 saturated heterocycles. The predicted molar refractivity (Wildman–Crippen MR) is 37.5 cm³/mol. The third-order valence-electron chi connectivity index (χ3n) is 0.761. The summed E-state index contributed by atoms with van der Waals surface area (Å²) < 4.78 is 4.35. The van der Waals surface area contributed by atoms with E-state index in [1.165, 1.54) is 0 Å². The molecule has 0 saturated carbocycles. The van der Waals surface area contributed by atoms with Crippen molar-refractivity contribution in [3.63, 3.8) is 0 Å². The third kappa shape index (κ3) is 7.75. The molecule has 1 N–H and O–H groups in total. The van der Waals surface area contributed by atoms with Crippen molar-refractivity contribution in [1.82, 2.24) is 5.73 Å². The van der Waals surface area contributed by atoms with Crippen LogP contribution in [0.15, 0.2) is 0 Å². The molecule has 0 atom stereocenters. The Morgan fingerprint density at radius 3 is 2.67 bits per heavy atom. The summed E-state index contributed by atoms with van der Waals surface area (Å²) in [7, 11) is 0. The average molecular weight is 195 g/mol. The van der Waals surface area contributed by atoms with Crippen molar-refractivity contribution in [2.45, 2.75) is 12.8 Å². The minimum absolute atomic E-state index is 0.369. The van der Waals surface area contributed by atoms with Crippen LogP contribution in [0.5, 0.6) is 0 Å². The van der Waals surface area contributed by atoms with Crippen molar-refractivity contribution in [3.05, 3.63) is 0 Å². The summed E-state index contributed by atoms with van der Waals surface area (Å²) in [6, 6.07) is 0. The zero-order valence-electron chi connectivity index (χ0n) is 5.02. The van der Waals surface area contributed by atoms with Crippen LogP contribution in [0.25, 0.3) is 0 Å². The molecule has 9 heavy (non-hydrogen) atoms. The Labute approximate surface area is 62.7 Å². The molecule has 4 heteroatoms. The Hall–Kier alpha value is -0.250. The van der Waals surface area contributed by atoms with Gasteiger partial charge in [0.2, 0.25) is 0 Å². The summed E-state index contributed by atoms with van der Waals surface area (Å²) in [5.41, 5.74) is 6.34. The topological polar surface area (TPSA) is 50.1 Å². The second-order valence-electron chi connectivity index (χ2n) is 1.53. The van der Waals surface area contributed by atoms with Crippen LogP contribution in [0.1, 0.15) is 12.8 Å². The first-order chi connectivity index (χ1) is 4.27. The standard InChI is InChI=1S/C5H9BrNO2/c6-3-1-2-4-9-5(7)8/h7H,1-4H2. The number of carbonyl (C=O) groups is 1. The number of hydrogen-bond donors (Lipinski definition) is 0. The molecule has 1 amide bonds. The van der Waals surface area contributed by atoms with Crippen molar-refractivity contribution in [1.29, 1.82) is 0 Å². The molecule has 0 fully saturated rings. The Balaban J connectivity index is 2.83. The van der Waals surface area contributed by atoms with Gasteiger partial charge in [0.15, 0.2) is 0 Å². The number of ether oxygens (including phenoxy) is 1. The van der Waals surface area contributed by atoms with Crippen molar-refractivity contribution in [2.24, 2.45) is 0 Å². The lowest BCUT2D eigenvalue weighted by atomic mass is 10.4. The lowest BCUT2D eigenvalue weighted by Crippen LogP contribution is -2.03. The zero-order valence-corrected chi connectivity index (χ0v) is 6.61. The van der Waals surface area contributed by atoms with Gasteiger partial charge in [-0.25, -0.2) is 10.5 Å². The lowest BCUT2D eigenvalue weighted by molar-refractivity contribution is 0.153. The largest absolute Gasteiger partial charge is 0.448 e. The van der Waals surface area contributed by atoms with E-state index in [2.05, 4.69) is 20.7 Å². The van der Waals surface area contributed by atoms with E-state index in [0.29, 0.717) is 6.61 Å². The molecule has 0 aliphatic heterocycles. The molecule has 0 heterocycles. The summed E-state index contributed by atoms with van der Waals surface area (Å²) in [5.74, 6) is 0. The van der Waals surface area contributed by atoms with Crippen molar-refractivity contribution in [2.75, 3.05) is 11.9 Å². The summed E-state index contributed by atoms with van der Waals surface area (Å²) in [6.45, 7) is 0.369. The van der Waals surface area contributed by atoms with E-state index in [1.54, 1.807) is 0 Å². The fourth-order valence-electron chi connectivity index (χ4n) is 0.361. The number of halogens is 1. The van der Waals surface area contributed by atoms with Gasteiger partial charge in [-0.15, -0.1) is 0 Å². The Bertz CT molecular complexity index is 87.0. The molecular formula is C5H9BrNO2. The number of unbranched alkanes of at least 4 members (excludes halogenated alkanes) is 1.